The fraction of sp³-hybridized carbons (Fsp3) is 0.375. The molecule has 0 amide bonds. The van der Waals surface area contributed by atoms with Gasteiger partial charge < -0.3 is 5.32 Å². The van der Waals surface area contributed by atoms with E-state index in [0.717, 1.165) is 22.6 Å². The summed E-state index contributed by atoms with van der Waals surface area (Å²) in [7, 11) is 0. The summed E-state index contributed by atoms with van der Waals surface area (Å²) in [6.07, 6.45) is 3.88. The number of hydrogen-bond acceptors (Lipinski definition) is 3. The van der Waals surface area contributed by atoms with Crippen LogP contribution in [0.5, 0.6) is 0 Å². The summed E-state index contributed by atoms with van der Waals surface area (Å²) in [5, 5.41) is 3.24. The second-order valence-corrected chi connectivity index (χ2v) is 4.09. The third-order valence-electron chi connectivity index (χ3n) is 1.36. The number of pyridine rings is 1. The first-order valence-electron chi connectivity index (χ1n) is 3.68. The van der Waals surface area contributed by atoms with Gasteiger partial charge in [-0.15, -0.1) is 0 Å². The summed E-state index contributed by atoms with van der Waals surface area (Å²) >= 11 is 5.24. The highest BCUT2D eigenvalue weighted by Crippen LogP contribution is 2.17. The Morgan fingerprint density at radius 1 is 1.67 bits per heavy atom. The van der Waals surface area contributed by atoms with Crippen LogP contribution in [0.2, 0.25) is 0 Å². The van der Waals surface area contributed by atoms with E-state index < -0.39 is 0 Å². The first kappa shape index (κ1) is 9.86. The number of anilines is 1. The van der Waals surface area contributed by atoms with E-state index >= 15 is 0 Å². The van der Waals surface area contributed by atoms with Crippen molar-refractivity contribution in [2.24, 2.45) is 0 Å². The predicted molar refractivity (Wildman–Crippen MR) is 58.8 cm³/mol. The van der Waals surface area contributed by atoms with Crippen LogP contribution >= 0.6 is 27.7 Å². The Morgan fingerprint density at radius 2 is 2.50 bits per heavy atom. The van der Waals surface area contributed by atoms with Gasteiger partial charge in [-0.25, -0.2) is 4.98 Å². The molecule has 0 unspecified atom stereocenters. The third kappa shape index (κ3) is 3.03. The van der Waals surface area contributed by atoms with E-state index in [4.69, 9.17) is 0 Å². The lowest BCUT2D eigenvalue weighted by molar-refractivity contribution is 1.16. The van der Waals surface area contributed by atoms with Gasteiger partial charge in [0.1, 0.15) is 5.82 Å². The van der Waals surface area contributed by atoms with Crippen LogP contribution in [0.4, 0.5) is 5.82 Å². The minimum absolute atomic E-state index is 0.923. The molecule has 0 saturated heterocycles. The molecule has 66 valence electrons. The van der Waals surface area contributed by atoms with Crippen LogP contribution in [0, 0.1) is 0 Å². The molecule has 1 aromatic rings. The molecule has 1 rings (SSSR count). The third-order valence-corrected chi connectivity index (χ3v) is 2.61. The van der Waals surface area contributed by atoms with Crippen LogP contribution < -0.4 is 5.32 Å². The molecule has 0 bridgehead atoms. The zero-order chi connectivity index (χ0) is 8.81. The average Bonchev–Trinajstić information content (AvgIpc) is 2.09. The monoisotopic (exact) mass is 246 g/mol. The van der Waals surface area contributed by atoms with Crippen molar-refractivity contribution in [1.82, 2.24) is 4.98 Å². The van der Waals surface area contributed by atoms with Crippen LogP contribution in [0.25, 0.3) is 0 Å². The van der Waals surface area contributed by atoms with Gasteiger partial charge in [0.15, 0.2) is 0 Å². The van der Waals surface area contributed by atoms with E-state index in [2.05, 4.69) is 32.5 Å². The summed E-state index contributed by atoms with van der Waals surface area (Å²) < 4.78 is 1.02. The van der Waals surface area contributed by atoms with E-state index in [9.17, 15) is 0 Å². The number of halogens is 1. The smallest absolute Gasteiger partial charge is 0.140 e. The van der Waals surface area contributed by atoms with E-state index in [0.29, 0.717) is 0 Å². The molecule has 12 heavy (non-hydrogen) atoms. The number of nitrogens with zero attached hydrogens (tertiary/aromatic N) is 1. The van der Waals surface area contributed by atoms with E-state index in [1.165, 1.54) is 0 Å². The zero-order valence-corrected chi connectivity index (χ0v) is 9.28. The summed E-state index contributed by atoms with van der Waals surface area (Å²) in [6.45, 7) is 0.955. The lowest BCUT2D eigenvalue weighted by Crippen LogP contribution is -2.05. The lowest BCUT2D eigenvalue weighted by atomic mass is 10.4. The molecule has 0 aliphatic rings. The number of rotatable bonds is 4. The molecule has 1 heterocycles. The highest BCUT2D eigenvalue weighted by molar-refractivity contribution is 9.10. The van der Waals surface area contributed by atoms with Crippen molar-refractivity contribution in [1.29, 1.82) is 0 Å². The summed E-state index contributed by atoms with van der Waals surface area (Å²) in [5.41, 5.74) is 0. The van der Waals surface area contributed by atoms with Crippen LogP contribution in [0.1, 0.15) is 0 Å². The molecule has 2 nitrogen and oxygen atoms in total. The molecule has 0 atom stereocenters. The van der Waals surface area contributed by atoms with Crippen LogP contribution in [-0.2, 0) is 0 Å². The second kappa shape index (κ2) is 5.43. The summed E-state index contributed by atoms with van der Waals surface area (Å²) in [6, 6.07) is 3.89. The normalized spacial score (nSPS) is 9.83. The zero-order valence-electron chi connectivity index (χ0n) is 6.88. The number of thioether (sulfide) groups is 1. The van der Waals surface area contributed by atoms with Gasteiger partial charge in [-0.2, -0.15) is 11.8 Å². The number of hydrogen-bond donors (Lipinski definition) is 1. The van der Waals surface area contributed by atoms with Crippen molar-refractivity contribution in [2.45, 2.75) is 0 Å². The Bertz CT molecular complexity index is 242. The SMILES string of the molecule is CSCCNc1ncccc1Br. The van der Waals surface area contributed by atoms with Gasteiger partial charge in [0.25, 0.3) is 0 Å². The standard InChI is InChI=1S/C8H11BrN2S/c1-12-6-5-11-8-7(9)3-2-4-10-8/h2-4H,5-6H2,1H3,(H,10,11). The molecule has 0 saturated carbocycles. The molecular formula is C8H11BrN2S. The van der Waals surface area contributed by atoms with Gasteiger partial charge in [-0.3, -0.25) is 0 Å². The molecule has 0 aliphatic heterocycles. The molecule has 1 N–H and O–H groups in total. The lowest BCUT2D eigenvalue weighted by Gasteiger charge is -2.04. The maximum Gasteiger partial charge on any atom is 0.140 e. The van der Waals surface area contributed by atoms with Crippen LogP contribution in [0.3, 0.4) is 0 Å². The summed E-state index contributed by atoms with van der Waals surface area (Å²) in [5.74, 6) is 2.02. The van der Waals surface area contributed by atoms with Crippen molar-refractivity contribution in [2.75, 3.05) is 23.9 Å². The highest BCUT2D eigenvalue weighted by Gasteiger charge is 1.96. The van der Waals surface area contributed by atoms with Crippen LogP contribution in [0.15, 0.2) is 22.8 Å². The Labute approximate surface area is 85.3 Å². The average molecular weight is 247 g/mol. The molecule has 1 aromatic heterocycles. The minimum atomic E-state index is 0.923. The topological polar surface area (TPSA) is 24.9 Å². The van der Waals surface area contributed by atoms with Gasteiger partial charge in [0, 0.05) is 18.5 Å². The van der Waals surface area contributed by atoms with Gasteiger partial charge in [-0.05, 0) is 34.3 Å². The fourth-order valence-electron chi connectivity index (χ4n) is 0.787. The number of aromatic nitrogens is 1. The fourth-order valence-corrected chi connectivity index (χ4v) is 1.49. The first-order valence-corrected chi connectivity index (χ1v) is 5.86. The molecule has 0 radical (unpaired) electrons. The molecule has 0 fully saturated rings. The maximum atomic E-state index is 4.18. The second-order valence-electron chi connectivity index (χ2n) is 2.25. The summed E-state index contributed by atoms with van der Waals surface area (Å²) in [4.78, 5) is 4.18. The Morgan fingerprint density at radius 3 is 3.17 bits per heavy atom. The van der Waals surface area contributed by atoms with Gasteiger partial charge in [0.2, 0.25) is 0 Å². The van der Waals surface area contributed by atoms with E-state index in [1.807, 2.05) is 23.9 Å². The Hall–Kier alpha value is -0.220. The van der Waals surface area contributed by atoms with E-state index in [-0.39, 0.29) is 0 Å². The minimum Gasteiger partial charge on any atom is -0.368 e. The number of nitrogens with one attached hydrogen (secondary N) is 1. The Balaban J connectivity index is 2.46. The van der Waals surface area contributed by atoms with Crippen LogP contribution in [-0.4, -0.2) is 23.5 Å². The van der Waals surface area contributed by atoms with Crippen molar-refractivity contribution in [3.63, 3.8) is 0 Å². The van der Waals surface area contributed by atoms with Crippen molar-refractivity contribution in [3.8, 4) is 0 Å². The molecule has 4 heteroatoms. The molecule has 0 aliphatic carbocycles. The highest BCUT2D eigenvalue weighted by atomic mass is 79.9. The molecular weight excluding hydrogens is 236 g/mol. The van der Waals surface area contributed by atoms with Crippen molar-refractivity contribution >= 4 is 33.5 Å². The molecule has 0 aromatic carbocycles. The van der Waals surface area contributed by atoms with E-state index in [1.54, 1.807) is 6.20 Å². The predicted octanol–water partition coefficient (Wildman–Crippen LogP) is 2.62. The van der Waals surface area contributed by atoms with Gasteiger partial charge in [-0.1, -0.05) is 0 Å². The van der Waals surface area contributed by atoms with Gasteiger partial charge >= 0.3 is 0 Å². The first-order chi connectivity index (χ1) is 5.84. The largest absolute Gasteiger partial charge is 0.368 e. The van der Waals surface area contributed by atoms with Crippen molar-refractivity contribution in [3.05, 3.63) is 22.8 Å². The van der Waals surface area contributed by atoms with Gasteiger partial charge in [0.05, 0.1) is 4.47 Å². The maximum absolute atomic E-state index is 4.18. The Kier molecular flexibility index (Phi) is 4.46. The molecule has 0 spiro atoms. The van der Waals surface area contributed by atoms with Crippen molar-refractivity contribution < 1.29 is 0 Å². The quantitative estimate of drug-likeness (QED) is 0.828.